The van der Waals surface area contributed by atoms with Crippen molar-refractivity contribution in [3.05, 3.63) is 53.3 Å². The van der Waals surface area contributed by atoms with Gasteiger partial charge in [-0.1, -0.05) is 12.1 Å². The van der Waals surface area contributed by atoms with Gasteiger partial charge in [-0.25, -0.2) is 4.39 Å². The summed E-state index contributed by atoms with van der Waals surface area (Å²) in [5, 5.41) is 9.79. The lowest BCUT2D eigenvalue weighted by atomic mass is 10.1. The Bertz CT molecular complexity index is 623. The van der Waals surface area contributed by atoms with Gasteiger partial charge in [0.2, 0.25) is 0 Å². The first-order chi connectivity index (χ1) is 10.0. The molecule has 0 aliphatic heterocycles. The molecule has 0 radical (unpaired) electrons. The normalized spacial score (nSPS) is 12.0. The minimum atomic E-state index is -0.825. The molecular weight excluding hydrogens is 271 g/mol. The first kappa shape index (κ1) is 15.3. The van der Waals surface area contributed by atoms with Crippen LogP contribution in [-0.2, 0) is 0 Å². The summed E-state index contributed by atoms with van der Waals surface area (Å²) in [6, 6.07) is 10.1. The van der Waals surface area contributed by atoms with Crippen LogP contribution in [-0.4, -0.2) is 11.7 Å². The molecule has 0 aliphatic rings. The minimum absolute atomic E-state index is 0.364. The van der Waals surface area contributed by atoms with Crippen LogP contribution in [0.15, 0.2) is 36.4 Å². The lowest BCUT2D eigenvalue weighted by molar-refractivity contribution is 0.194. The van der Waals surface area contributed by atoms with Gasteiger partial charge in [0.05, 0.1) is 12.7 Å². The van der Waals surface area contributed by atoms with Crippen molar-refractivity contribution in [3.8, 4) is 17.2 Å². The van der Waals surface area contributed by atoms with E-state index in [1.807, 2.05) is 19.1 Å². The Morgan fingerprint density at radius 2 is 1.81 bits per heavy atom. The van der Waals surface area contributed by atoms with Crippen LogP contribution in [0.1, 0.15) is 31.1 Å². The lowest BCUT2D eigenvalue weighted by Gasteiger charge is -2.16. The highest BCUT2D eigenvalue weighted by Crippen LogP contribution is 2.36. The fourth-order valence-corrected chi connectivity index (χ4v) is 2.01. The number of ether oxygens (including phenoxy) is 2. The number of hydrogen-bond acceptors (Lipinski definition) is 3. The molecule has 2 aromatic rings. The SMILES string of the molecule is CCOc1ccccc1Oc1cc(C)c(F)cc1C(C)O. The molecule has 1 atom stereocenters. The largest absolute Gasteiger partial charge is 0.490 e. The Kier molecular flexibility index (Phi) is 4.81. The van der Waals surface area contributed by atoms with Crippen molar-refractivity contribution in [3.63, 3.8) is 0 Å². The molecule has 0 saturated heterocycles. The summed E-state index contributed by atoms with van der Waals surface area (Å²) in [6.07, 6.45) is -0.825. The number of aliphatic hydroxyl groups excluding tert-OH is 1. The fourth-order valence-electron chi connectivity index (χ4n) is 2.01. The number of halogens is 1. The third-order valence-electron chi connectivity index (χ3n) is 3.11. The summed E-state index contributed by atoms with van der Waals surface area (Å²) < 4.78 is 25.0. The topological polar surface area (TPSA) is 38.7 Å². The summed E-state index contributed by atoms with van der Waals surface area (Å²) in [5.74, 6) is 1.21. The number of aliphatic hydroxyl groups is 1. The van der Waals surface area contributed by atoms with Crippen molar-refractivity contribution in [2.45, 2.75) is 26.9 Å². The second-order valence-corrected chi connectivity index (χ2v) is 4.80. The molecule has 21 heavy (non-hydrogen) atoms. The first-order valence-corrected chi connectivity index (χ1v) is 6.90. The number of hydrogen-bond donors (Lipinski definition) is 1. The van der Waals surface area contributed by atoms with E-state index in [4.69, 9.17) is 9.47 Å². The Balaban J connectivity index is 2.41. The quantitative estimate of drug-likeness (QED) is 0.888. The van der Waals surface area contributed by atoms with E-state index in [1.165, 1.54) is 6.07 Å². The number of benzene rings is 2. The molecule has 0 saturated carbocycles. The van der Waals surface area contributed by atoms with E-state index in [0.717, 1.165) is 0 Å². The van der Waals surface area contributed by atoms with Gasteiger partial charge < -0.3 is 14.6 Å². The molecule has 2 aromatic carbocycles. The van der Waals surface area contributed by atoms with Crippen LogP contribution < -0.4 is 9.47 Å². The van der Waals surface area contributed by atoms with Gasteiger partial charge in [-0.15, -0.1) is 0 Å². The van der Waals surface area contributed by atoms with Crippen LogP contribution in [0.3, 0.4) is 0 Å². The first-order valence-electron chi connectivity index (χ1n) is 6.90. The molecular formula is C17H19FO3. The van der Waals surface area contributed by atoms with E-state index in [0.29, 0.717) is 35.0 Å². The maximum atomic E-state index is 13.7. The predicted octanol–water partition coefficient (Wildman–Crippen LogP) is 4.38. The van der Waals surface area contributed by atoms with Gasteiger partial charge in [0.25, 0.3) is 0 Å². The minimum Gasteiger partial charge on any atom is -0.490 e. The predicted molar refractivity (Wildman–Crippen MR) is 79.5 cm³/mol. The molecule has 0 fully saturated rings. The van der Waals surface area contributed by atoms with Gasteiger partial charge >= 0.3 is 0 Å². The Hall–Kier alpha value is -2.07. The van der Waals surface area contributed by atoms with Gasteiger partial charge in [0.1, 0.15) is 11.6 Å². The summed E-state index contributed by atoms with van der Waals surface area (Å²) in [7, 11) is 0. The van der Waals surface area contributed by atoms with Crippen LogP contribution >= 0.6 is 0 Å². The highest BCUT2D eigenvalue weighted by atomic mass is 19.1. The average molecular weight is 290 g/mol. The third kappa shape index (κ3) is 3.52. The second-order valence-electron chi connectivity index (χ2n) is 4.80. The van der Waals surface area contributed by atoms with Gasteiger partial charge in [-0.2, -0.15) is 0 Å². The van der Waals surface area contributed by atoms with Crippen molar-refractivity contribution >= 4 is 0 Å². The number of aryl methyl sites for hydroxylation is 1. The zero-order chi connectivity index (χ0) is 15.4. The van der Waals surface area contributed by atoms with Crippen LogP contribution in [0.5, 0.6) is 17.2 Å². The molecule has 0 aromatic heterocycles. The van der Waals surface area contributed by atoms with E-state index in [1.54, 1.807) is 32.0 Å². The lowest BCUT2D eigenvalue weighted by Crippen LogP contribution is -2.00. The van der Waals surface area contributed by atoms with Gasteiger partial charge in [-0.3, -0.25) is 0 Å². The summed E-state index contributed by atoms with van der Waals surface area (Å²) in [6.45, 7) is 5.64. The van der Waals surface area contributed by atoms with E-state index in [2.05, 4.69) is 0 Å². The zero-order valence-electron chi connectivity index (χ0n) is 12.4. The molecule has 4 heteroatoms. The second kappa shape index (κ2) is 6.59. The summed E-state index contributed by atoms with van der Waals surface area (Å²) in [5.41, 5.74) is 0.868. The fraction of sp³-hybridized carbons (Fsp3) is 0.294. The smallest absolute Gasteiger partial charge is 0.169 e. The molecule has 0 spiro atoms. The maximum Gasteiger partial charge on any atom is 0.169 e. The molecule has 1 N–H and O–H groups in total. The third-order valence-corrected chi connectivity index (χ3v) is 3.11. The van der Waals surface area contributed by atoms with E-state index < -0.39 is 6.10 Å². The van der Waals surface area contributed by atoms with Gasteiger partial charge in [-0.05, 0) is 50.6 Å². The van der Waals surface area contributed by atoms with Crippen molar-refractivity contribution in [1.29, 1.82) is 0 Å². The summed E-state index contributed by atoms with van der Waals surface area (Å²) >= 11 is 0. The molecule has 0 bridgehead atoms. The molecule has 112 valence electrons. The monoisotopic (exact) mass is 290 g/mol. The molecule has 0 amide bonds. The maximum absolute atomic E-state index is 13.7. The highest BCUT2D eigenvalue weighted by Gasteiger charge is 2.15. The summed E-state index contributed by atoms with van der Waals surface area (Å²) in [4.78, 5) is 0. The number of para-hydroxylation sites is 2. The van der Waals surface area contributed by atoms with Gasteiger partial charge in [0.15, 0.2) is 11.5 Å². The number of rotatable bonds is 5. The van der Waals surface area contributed by atoms with E-state index >= 15 is 0 Å². The molecule has 0 aliphatic carbocycles. The Morgan fingerprint density at radius 1 is 1.14 bits per heavy atom. The Morgan fingerprint density at radius 3 is 2.43 bits per heavy atom. The van der Waals surface area contributed by atoms with Crippen molar-refractivity contribution in [2.24, 2.45) is 0 Å². The van der Waals surface area contributed by atoms with E-state index in [9.17, 15) is 9.50 Å². The van der Waals surface area contributed by atoms with Crippen LogP contribution in [0, 0.1) is 12.7 Å². The highest BCUT2D eigenvalue weighted by molar-refractivity contribution is 5.46. The average Bonchev–Trinajstić information content (AvgIpc) is 2.44. The van der Waals surface area contributed by atoms with Crippen LogP contribution in [0.2, 0.25) is 0 Å². The molecule has 2 rings (SSSR count). The van der Waals surface area contributed by atoms with Crippen molar-refractivity contribution < 1.29 is 19.0 Å². The van der Waals surface area contributed by atoms with Crippen LogP contribution in [0.25, 0.3) is 0 Å². The molecule has 1 unspecified atom stereocenters. The van der Waals surface area contributed by atoms with Crippen molar-refractivity contribution in [1.82, 2.24) is 0 Å². The van der Waals surface area contributed by atoms with Crippen LogP contribution in [0.4, 0.5) is 4.39 Å². The van der Waals surface area contributed by atoms with Crippen molar-refractivity contribution in [2.75, 3.05) is 6.61 Å². The van der Waals surface area contributed by atoms with Gasteiger partial charge in [0, 0.05) is 5.56 Å². The zero-order valence-corrected chi connectivity index (χ0v) is 12.4. The Labute approximate surface area is 124 Å². The standard InChI is InChI=1S/C17H19FO3/c1-4-20-15-7-5-6-8-16(15)21-17-9-11(2)14(18)10-13(17)12(3)19/h5-10,12,19H,4H2,1-3H3. The molecule has 3 nitrogen and oxygen atoms in total. The van der Waals surface area contributed by atoms with E-state index in [-0.39, 0.29) is 5.82 Å². The molecule has 0 heterocycles.